The Hall–Kier alpha value is -4.17. The Labute approximate surface area is 232 Å². The molecule has 4 aromatic rings. The summed E-state index contributed by atoms with van der Waals surface area (Å²) in [6.07, 6.45) is 2.49. The van der Waals surface area contributed by atoms with Crippen LogP contribution in [0.25, 0.3) is 11.4 Å². The second kappa shape index (κ2) is 12.1. The largest absolute Gasteiger partial charge is 0.496 e. The van der Waals surface area contributed by atoms with E-state index >= 15 is 0 Å². The molecule has 1 aromatic heterocycles. The third-order valence-corrected chi connectivity index (χ3v) is 7.07. The molecule has 8 nitrogen and oxygen atoms in total. The lowest BCUT2D eigenvalue weighted by Crippen LogP contribution is -2.46. The number of ether oxygens (including phenoxy) is 1. The van der Waals surface area contributed by atoms with Crippen molar-refractivity contribution in [1.29, 1.82) is 0 Å². The summed E-state index contributed by atoms with van der Waals surface area (Å²) in [5.74, 6) is 0.839. The van der Waals surface area contributed by atoms with E-state index in [0.717, 1.165) is 24.0 Å². The van der Waals surface area contributed by atoms with Crippen LogP contribution in [0.4, 0.5) is 0 Å². The predicted octanol–water partition coefficient (Wildman–Crippen LogP) is 5.79. The first-order valence-electron chi connectivity index (χ1n) is 12.9. The summed E-state index contributed by atoms with van der Waals surface area (Å²) in [5, 5.41) is 4.76. The number of hydrogen-bond donors (Lipinski definition) is 0. The van der Waals surface area contributed by atoms with Crippen molar-refractivity contribution < 1.29 is 18.8 Å². The monoisotopic (exact) mass is 544 g/mol. The first-order chi connectivity index (χ1) is 19.0. The van der Waals surface area contributed by atoms with Gasteiger partial charge in [-0.1, -0.05) is 59.2 Å². The van der Waals surface area contributed by atoms with E-state index in [0.29, 0.717) is 41.0 Å². The van der Waals surface area contributed by atoms with Crippen molar-refractivity contribution in [2.45, 2.75) is 31.8 Å². The smallest absolute Gasteiger partial charge is 0.258 e. The van der Waals surface area contributed by atoms with E-state index in [2.05, 4.69) is 10.1 Å². The molecule has 0 bridgehead atoms. The van der Waals surface area contributed by atoms with Crippen LogP contribution in [0.2, 0.25) is 5.02 Å². The second-order valence-corrected chi connectivity index (χ2v) is 9.85. The van der Waals surface area contributed by atoms with E-state index in [9.17, 15) is 9.59 Å². The second-order valence-electron chi connectivity index (χ2n) is 9.41. The number of methoxy groups -OCH3 is 1. The minimum absolute atomic E-state index is 0.0968. The van der Waals surface area contributed by atoms with Crippen LogP contribution in [-0.2, 0) is 11.3 Å². The molecule has 5 rings (SSSR count). The van der Waals surface area contributed by atoms with Crippen LogP contribution in [-0.4, -0.2) is 52.0 Å². The maximum absolute atomic E-state index is 13.8. The summed E-state index contributed by atoms with van der Waals surface area (Å²) < 4.78 is 11.1. The van der Waals surface area contributed by atoms with E-state index < -0.39 is 0 Å². The topological polar surface area (TPSA) is 88.8 Å². The zero-order valence-electron chi connectivity index (χ0n) is 21.6. The molecule has 1 aliphatic heterocycles. The summed E-state index contributed by atoms with van der Waals surface area (Å²) in [5.41, 5.74) is 2.11. The first-order valence-corrected chi connectivity index (χ1v) is 13.3. The number of amides is 2. The fraction of sp³-hybridized carbons (Fsp3) is 0.267. The zero-order chi connectivity index (χ0) is 27.2. The Morgan fingerprint density at radius 3 is 2.54 bits per heavy atom. The Balaban J connectivity index is 1.39. The number of nitrogens with zero attached hydrogens (tertiary/aromatic N) is 4. The standard InChI is InChI=1S/C30H29ClN4O4/c1-38-26-13-6-5-11-24(26)30(37)34(19-21-9-3-2-4-10-21)20-27(36)35-18-8-7-12-25(35)29-32-28(33-39-29)22-14-16-23(31)17-15-22/h2-6,9-11,13-17,25H,7-8,12,18-20H2,1H3. The van der Waals surface area contributed by atoms with Crippen LogP contribution in [0.3, 0.4) is 0 Å². The summed E-state index contributed by atoms with van der Waals surface area (Å²) >= 11 is 6.01. The van der Waals surface area contributed by atoms with Crippen molar-refractivity contribution in [2.24, 2.45) is 0 Å². The van der Waals surface area contributed by atoms with E-state index in [4.69, 9.17) is 20.9 Å². The lowest BCUT2D eigenvalue weighted by molar-refractivity contribution is -0.136. The number of likely N-dealkylation sites (tertiary alicyclic amines) is 1. The molecule has 1 fully saturated rings. The molecule has 1 atom stereocenters. The molecule has 1 unspecified atom stereocenters. The molecule has 0 aliphatic carbocycles. The number of para-hydroxylation sites is 1. The Morgan fingerprint density at radius 1 is 1.03 bits per heavy atom. The summed E-state index contributed by atoms with van der Waals surface area (Å²) in [6, 6.07) is 23.5. The molecule has 2 amide bonds. The van der Waals surface area contributed by atoms with E-state index in [1.807, 2.05) is 48.5 Å². The molecule has 0 radical (unpaired) electrons. The van der Waals surface area contributed by atoms with Crippen LogP contribution in [0.15, 0.2) is 83.4 Å². The van der Waals surface area contributed by atoms with Gasteiger partial charge >= 0.3 is 0 Å². The molecule has 9 heteroatoms. The van der Waals surface area contributed by atoms with Gasteiger partial charge in [0.25, 0.3) is 5.91 Å². The molecule has 3 aromatic carbocycles. The third kappa shape index (κ3) is 6.12. The minimum atomic E-state index is -0.361. The number of carbonyl (C=O) groups is 2. The van der Waals surface area contributed by atoms with E-state index in [-0.39, 0.29) is 30.9 Å². The van der Waals surface area contributed by atoms with Gasteiger partial charge in [0.2, 0.25) is 17.6 Å². The van der Waals surface area contributed by atoms with Crippen molar-refractivity contribution in [3.8, 4) is 17.1 Å². The third-order valence-electron chi connectivity index (χ3n) is 6.82. The fourth-order valence-electron chi connectivity index (χ4n) is 4.82. The van der Waals surface area contributed by atoms with Crippen molar-refractivity contribution in [3.63, 3.8) is 0 Å². The van der Waals surface area contributed by atoms with Gasteiger partial charge in [-0.25, -0.2) is 0 Å². The average molecular weight is 545 g/mol. The molecular weight excluding hydrogens is 516 g/mol. The van der Waals surface area contributed by atoms with Crippen molar-refractivity contribution in [1.82, 2.24) is 19.9 Å². The van der Waals surface area contributed by atoms with Crippen LogP contribution >= 0.6 is 11.6 Å². The van der Waals surface area contributed by atoms with E-state index in [1.54, 1.807) is 40.1 Å². The molecule has 1 aliphatic rings. The number of halogens is 1. The predicted molar refractivity (Wildman–Crippen MR) is 147 cm³/mol. The fourth-order valence-corrected chi connectivity index (χ4v) is 4.95. The summed E-state index contributed by atoms with van der Waals surface area (Å²) in [6.45, 7) is 0.730. The lowest BCUT2D eigenvalue weighted by atomic mass is 10.0. The number of carbonyl (C=O) groups excluding carboxylic acids is 2. The molecule has 0 N–H and O–H groups in total. The van der Waals surface area contributed by atoms with Gasteiger partial charge in [0.05, 0.1) is 12.7 Å². The highest BCUT2D eigenvalue weighted by Gasteiger charge is 2.34. The van der Waals surface area contributed by atoms with E-state index in [1.165, 1.54) is 7.11 Å². The van der Waals surface area contributed by atoms with Gasteiger partial charge in [-0.2, -0.15) is 4.98 Å². The van der Waals surface area contributed by atoms with Gasteiger partial charge in [-0.15, -0.1) is 0 Å². The average Bonchev–Trinajstić information content (AvgIpc) is 3.47. The Bertz CT molecular complexity index is 1420. The SMILES string of the molecule is COc1ccccc1C(=O)N(CC(=O)N1CCCCC1c1nc(-c2ccc(Cl)cc2)no1)Cc1ccccc1. The highest BCUT2D eigenvalue weighted by atomic mass is 35.5. The molecule has 200 valence electrons. The van der Waals surface area contributed by atoms with Crippen LogP contribution in [0, 0.1) is 0 Å². The summed E-state index contributed by atoms with van der Waals surface area (Å²) in [4.78, 5) is 35.4. The maximum Gasteiger partial charge on any atom is 0.258 e. The number of rotatable bonds is 8. The Morgan fingerprint density at radius 2 is 1.77 bits per heavy atom. The number of benzene rings is 3. The number of piperidine rings is 1. The van der Waals surface area contributed by atoms with Crippen LogP contribution < -0.4 is 4.74 Å². The molecule has 39 heavy (non-hydrogen) atoms. The maximum atomic E-state index is 13.8. The normalized spacial score (nSPS) is 15.1. The van der Waals surface area contributed by atoms with Crippen LogP contribution in [0.1, 0.15) is 47.1 Å². The quantitative estimate of drug-likeness (QED) is 0.279. The molecule has 0 saturated carbocycles. The van der Waals surface area contributed by atoms with Crippen molar-refractivity contribution >= 4 is 23.4 Å². The van der Waals surface area contributed by atoms with Gasteiger partial charge in [-0.05, 0) is 61.2 Å². The van der Waals surface area contributed by atoms with Crippen molar-refractivity contribution in [2.75, 3.05) is 20.2 Å². The van der Waals surface area contributed by atoms with Gasteiger partial charge in [-0.3, -0.25) is 9.59 Å². The highest BCUT2D eigenvalue weighted by Crippen LogP contribution is 2.32. The zero-order valence-corrected chi connectivity index (χ0v) is 22.4. The van der Waals surface area contributed by atoms with Gasteiger partial charge in [0.15, 0.2) is 0 Å². The highest BCUT2D eigenvalue weighted by molar-refractivity contribution is 6.30. The van der Waals surface area contributed by atoms with Crippen LogP contribution in [0.5, 0.6) is 5.75 Å². The molecule has 2 heterocycles. The first kappa shape index (κ1) is 26.4. The number of aromatic nitrogens is 2. The van der Waals surface area contributed by atoms with Gasteiger partial charge in [0.1, 0.15) is 18.3 Å². The molecule has 0 spiro atoms. The molecular formula is C30H29ClN4O4. The summed E-state index contributed by atoms with van der Waals surface area (Å²) in [7, 11) is 1.53. The lowest BCUT2D eigenvalue weighted by Gasteiger charge is -2.35. The molecule has 1 saturated heterocycles. The van der Waals surface area contributed by atoms with Crippen molar-refractivity contribution in [3.05, 3.63) is 101 Å². The van der Waals surface area contributed by atoms with Gasteiger partial charge in [0, 0.05) is 23.7 Å². The number of hydrogen-bond acceptors (Lipinski definition) is 6. The minimum Gasteiger partial charge on any atom is -0.496 e. The Kier molecular flexibility index (Phi) is 8.22. The van der Waals surface area contributed by atoms with Gasteiger partial charge < -0.3 is 19.1 Å².